The zero-order valence-electron chi connectivity index (χ0n) is 53.7. The van der Waals surface area contributed by atoms with E-state index in [1.165, 1.54) is 89.9 Å². The van der Waals surface area contributed by atoms with Crippen LogP contribution >= 0.6 is 0 Å². The van der Waals surface area contributed by atoms with E-state index in [1.807, 2.05) is 0 Å². The maximum atomic E-state index is 12.9. The smallest absolute Gasteiger partial charge is 0.306 e. The number of carbonyl (C=O) groups is 3. The maximum absolute atomic E-state index is 12.9. The lowest BCUT2D eigenvalue weighted by Crippen LogP contribution is -2.30. The van der Waals surface area contributed by atoms with Crippen molar-refractivity contribution in [2.75, 3.05) is 13.2 Å². The Morgan fingerprint density at radius 1 is 0.241 bits per heavy atom. The number of rotatable bonds is 60. The minimum absolute atomic E-state index is 0.103. The highest BCUT2D eigenvalue weighted by Gasteiger charge is 2.19. The maximum Gasteiger partial charge on any atom is 0.306 e. The average molecular weight is 1150 g/mol. The number of carbonyl (C=O) groups excluding carboxylic acids is 3. The Kier molecular flexibility index (Phi) is 65.4. The molecule has 0 aromatic carbocycles. The first-order valence-electron chi connectivity index (χ1n) is 34.0. The van der Waals surface area contributed by atoms with Crippen LogP contribution in [0.3, 0.4) is 0 Å². The quantitative estimate of drug-likeness (QED) is 0.0261. The molecule has 0 amide bonds. The van der Waals surface area contributed by atoms with Crippen molar-refractivity contribution in [2.24, 2.45) is 0 Å². The highest BCUT2D eigenvalue weighted by Crippen LogP contribution is 2.16. The summed E-state index contributed by atoms with van der Waals surface area (Å²) < 4.78 is 16.9. The van der Waals surface area contributed by atoms with Gasteiger partial charge in [0.2, 0.25) is 0 Å². The second-order valence-electron chi connectivity index (χ2n) is 21.9. The van der Waals surface area contributed by atoms with Gasteiger partial charge in [-0.3, -0.25) is 14.4 Å². The van der Waals surface area contributed by atoms with Crippen LogP contribution in [0.4, 0.5) is 0 Å². The molecule has 0 bridgehead atoms. The molecule has 0 aromatic rings. The minimum Gasteiger partial charge on any atom is -0.462 e. The molecule has 0 aliphatic heterocycles. The first kappa shape index (κ1) is 78.0. The third-order valence-corrected chi connectivity index (χ3v) is 14.0. The van der Waals surface area contributed by atoms with E-state index in [2.05, 4.69) is 179 Å². The summed E-state index contributed by atoms with van der Waals surface area (Å²) in [5.41, 5.74) is 0. The molecular weight excluding hydrogens is 1020 g/mol. The molecule has 0 rings (SSSR count). The van der Waals surface area contributed by atoms with Crippen molar-refractivity contribution in [1.29, 1.82) is 0 Å². The topological polar surface area (TPSA) is 78.9 Å². The largest absolute Gasteiger partial charge is 0.462 e. The molecule has 83 heavy (non-hydrogen) atoms. The standard InChI is InChI=1S/C77H124O6/c1-4-7-10-13-16-19-22-25-27-29-31-33-35-36-37-38-39-40-42-43-45-47-49-52-55-58-61-64-67-70-76(79)82-73-74(72-81-75(78)69-66-63-60-57-54-51-24-21-18-15-12-9-6-3)83-77(80)71-68-65-62-59-56-53-50-48-46-44-41-34-32-30-28-26-23-20-17-14-11-8-5-2/h7-12,16-21,25-28,31-34,44,46,50-51,53-54,74H,4-6,13-15,22-24,29-30,35-43,45,47-49,52,55-73H2,1-3H3/b10-7-,11-8-,12-9-,19-16-,20-17-,21-18-,27-25-,28-26-,33-31-,34-32-,46-44-,53-50-,54-51-. The van der Waals surface area contributed by atoms with Crippen LogP contribution in [0.1, 0.15) is 290 Å². The monoisotopic (exact) mass is 1140 g/mol. The summed E-state index contributed by atoms with van der Waals surface area (Å²) in [6.07, 6.45) is 101. The van der Waals surface area contributed by atoms with Gasteiger partial charge in [0.05, 0.1) is 0 Å². The second kappa shape index (κ2) is 69.5. The fourth-order valence-corrected chi connectivity index (χ4v) is 9.04. The summed E-state index contributed by atoms with van der Waals surface area (Å²) in [4.78, 5) is 38.4. The molecule has 0 spiro atoms. The van der Waals surface area contributed by atoms with Crippen LogP contribution in [-0.4, -0.2) is 37.2 Å². The highest BCUT2D eigenvalue weighted by atomic mass is 16.6. The first-order valence-corrected chi connectivity index (χ1v) is 34.0. The van der Waals surface area contributed by atoms with Crippen LogP contribution in [0.15, 0.2) is 158 Å². The lowest BCUT2D eigenvalue weighted by atomic mass is 10.0. The molecule has 6 nitrogen and oxygen atoms in total. The van der Waals surface area contributed by atoms with Gasteiger partial charge in [-0.25, -0.2) is 0 Å². The van der Waals surface area contributed by atoms with Gasteiger partial charge in [0.15, 0.2) is 6.10 Å². The molecule has 0 aromatic heterocycles. The Balaban J connectivity index is 4.35. The van der Waals surface area contributed by atoms with Crippen molar-refractivity contribution >= 4 is 17.9 Å². The Bertz CT molecular complexity index is 1840. The number of hydrogen-bond donors (Lipinski definition) is 0. The minimum atomic E-state index is -0.812. The van der Waals surface area contributed by atoms with Gasteiger partial charge in [-0.15, -0.1) is 0 Å². The summed E-state index contributed by atoms with van der Waals surface area (Å²) in [6.45, 7) is 6.26. The fourth-order valence-electron chi connectivity index (χ4n) is 9.04. The van der Waals surface area contributed by atoms with Crippen LogP contribution in [0.25, 0.3) is 0 Å². The molecule has 0 aliphatic rings. The zero-order chi connectivity index (χ0) is 59.9. The average Bonchev–Trinajstić information content (AvgIpc) is 3.49. The van der Waals surface area contributed by atoms with E-state index in [-0.39, 0.29) is 37.5 Å². The van der Waals surface area contributed by atoms with Crippen molar-refractivity contribution in [3.8, 4) is 0 Å². The molecule has 1 atom stereocenters. The van der Waals surface area contributed by atoms with Crippen LogP contribution in [0.5, 0.6) is 0 Å². The van der Waals surface area contributed by atoms with Gasteiger partial charge in [0.25, 0.3) is 0 Å². The van der Waals surface area contributed by atoms with Gasteiger partial charge >= 0.3 is 17.9 Å². The predicted octanol–water partition coefficient (Wildman–Crippen LogP) is 23.7. The predicted molar refractivity (Wildman–Crippen MR) is 362 cm³/mol. The van der Waals surface area contributed by atoms with Crippen molar-refractivity contribution < 1.29 is 28.6 Å². The number of allylic oxidation sites excluding steroid dienone is 26. The van der Waals surface area contributed by atoms with Crippen LogP contribution in [-0.2, 0) is 28.6 Å². The molecule has 0 radical (unpaired) electrons. The third kappa shape index (κ3) is 67.7. The molecule has 0 fully saturated rings. The molecule has 6 heteroatoms. The normalized spacial score (nSPS) is 13.1. The Hall–Kier alpha value is -4.97. The van der Waals surface area contributed by atoms with Crippen molar-refractivity contribution in [2.45, 2.75) is 297 Å². The highest BCUT2D eigenvalue weighted by molar-refractivity contribution is 5.71. The lowest BCUT2D eigenvalue weighted by molar-refractivity contribution is -0.167. The van der Waals surface area contributed by atoms with Gasteiger partial charge in [-0.05, 0) is 141 Å². The summed E-state index contributed by atoms with van der Waals surface area (Å²) in [7, 11) is 0. The number of esters is 3. The number of hydrogen-bond acceptors (Lipinski definition) is 6. The number of ether oxygens (including phenoxy) is 3. The van der Waals surface area contributed by atoms with Gasteiger partial charge < -0.3 is 14.2 Å². The molecule has 0 saturated heterocycles. The van der Waals surface area contributed by atoms with Crippen molar-refractivity contribution in [3.63, 3.8) is 0 Å². The van der Waals surface area contributed by atoms with Crippen LogP contribution in [0, 0.1) is 0 Å². The van der Waals surface area contributed by atoms with Gasteiger partial charge in [-0.1, -0.05) is 288 Å². The van der Waals surface area contributed by atoms with E-state index in [1.54, 1.807) is 0 Å². The molecule has 0 aliphatic carbocycles. The Morgan fingerprint density at radius 2 is 0.434 bits per heavy atom. The SMILES string of the molecule is CC/C=C\C/C=C\C/C=C\C/C=C\C/C=C\C/C=C\CCCCCCC(=O)OC(COC(=O)CCCCC/C=C\C/C=C\C/C=C\CC)COC(=O)CCCCCCCCCCCCCCCCCC/C=C\C/C=C\C/C=C\C/C=C\CC. The van der Waals surface area contributed by atoms with E-state index in [0.717, 1.165) is 161 Å². The van der Waals surface area contributed by atoms with Gasteiger partial charge in [-0.2, -0.15) is 0 Å². The van der Waals surface area contributed by atoms with Gasteiger partial charge in [0, 0.05) is 19.3 Å². The summed E-state index contributed by atoms with van der Waals surface area (Å²) in [5, 5.41) is 0. The van der Waals surface area contributed by atoms with E-state index < -0.39 is 6.10 Å². The molecular formula is C77H124O6. The van der Waals surface area contributed by atoms with E-state index in [9.17, 15) is 14.4 Å². The van der Waals surface area contributed by atoms with Gasteiger partial charge in [0.1, 0.15) is 13.2 Å². The van der Waals surface area contributed by atoms with E-state index in [4.69, 9.17) is 14.2 Å². The number of unbranched alkanes of at least 4 members (excludes halogenated alkanes) is 23. The van der Waals surface area contributed by atoms with E-state index >= 15 is 0 Å². The Morgan fingerprint density at radius 3 is 0.687 bits per heavy atom. The first-order chi connectivity index (χ1) is 41.0. The zero-order valence-corrected chi connectivity index (χ0v) is 53.7. The molecule has 0 saturated carbocycles. The van der Waals surface area contributed by atoms with Crippen molar-refractivity contribution in [3.05, 3.63) is 158 Å². The molecule has 1 unspecified atom stereocenters. The summed E-state index contributed by atoms with van der Waals surface area (Å²) in [6, 6.07) is 0. The third-order valence-electron chi connectivity index (χ3n) is 14.0. The molecule has 468 valence electrons. The summed E-state index contributed by atoms with van der Waals surface area (Å²) >= 11 is 0. The second-order valence-corrected chi connectivity index (χ2v) is 21.9. The van der Waals surface area contributed by atoms with Crippen LogP contribution < -0.4 is 0 Å². The van der Waals surface area contributed by atoms with E-state index in [0.29, 0.717) is 12.8 Å². The van der Waals surface area contributed by atoms with Crippen molar-refractivity contribution in [1.82, 2.24) is 0 Å². The Labute approximate surface area is 511 Å². The molecule has 0 heterocycles. The summed E-state index contributed by atoms with van der Waals surface area (Å²) in [5.74, 6) is -0.957. The van der Waals surface area contributed by atoms with Crippen LogP contribution in [0.2, 0.25) is 0 Å². The molecule has 0 N–H and O–H groups in total. The fraction of sp³-hybridized carbons (Fsp3) is 0.623. The lowest BCUT2D eigenvalue weighted by Gasteiger charge is -2.18.